The molecule has 128 valence electrons. The molecular weight excluding hydrogens is 320 g/mol. The Balaban J connectivity index is 1.97. The number of ether oxygens (including phenoxy) is 2. The molecule has 0 bridgehead atoms. The van der Waals surface area contributed by atoms with Gasteiger partial charge in [-0.2, -0.15) is 0 Å². The van der Waals surface area contributed by atoms with Gasteiger partial charge in [-0.25, -0.2) is 8.42 Å². The van der Waals surface area contributed by atoms with E-state index in [1.807, 2.05) is 0 Å². The zero-order valence-corrected chi connectivity index (χ0v) is 14.4. The van der Waals surface area contributed by atoms with Crippen LogP contribution in [0.4, 0.5) is 5.69 Å². The molecule has 1 N–H and O–H groups in total. The Labute approximate surface area is 136 Å². The third-order valence-electron chi connectivity index (χ3n) is 3.91. The average molecular weight is 342 g/mol. The Morgan fingerprint density at radius 3 is 2.65 bits per heavy atom. The van der Waals surface area contributed by atoms with Gasteiger partial charge in [-0.05, 0) is 25.6 Å². The van der Waals surface area contributed by atoms with Gasteiger partial charge in [-0.3, -0.25) is 9.69 Å². The fourth-order valence-corrected chi connectivity index (χ4v) is 4.38. The molecule has 0 aliphatic carbocycles. The molecule has 1 fully saturated rings. The topological polar surface area (TPSA) is 84.9 Å². The Morgan fingerprint density at radius 1 is 1.35 bits per heavy atom. The molecule has 0 spiro atoms. The molecular formula is C15H22N2O5S. The van der Waals surface area contributed by atoms with Gasteiger partial charge in [-0.1, -0.05) is 0 Å². The Bertz CT molecular complexity index is 674. The number of sulfone groups is 1. The number of nitrogens with zero attached hydrogens (tertiary/aromatic N) is 1. The first-order valence-electron chi connectivity index (χ1n) is 7.27. The van der Waals surface area contributed by atoms with Crippen LogP contribution in [0, 0.1) is 0 Å². The van der Waals surface area contributed by atoms with Crippen LogP contribution >= 0.6 is 0 Å². The van der Waals surface area contributed by atoms with Crippen molar-refractivity contribution in [2.75, 3.05) is 44.6 Å². The molecule has 2 rings (SSSR count). The summed E-state index contributed by atoms with van der Waals surface area (Å²) < 4.78 is 33.4. The lowest BCUT2D eigenvalue weighted by atomic mass is 10.2. The highest BCUT2D eigenvalue weighted by Gasteiger charge is 2.31. The second-order valence-corrected chi connectivity index (χ2v) is 7.82. The van der Waals surface area contributed by atoms with Crippen LogP contribution in [-0.4, -0.2) is 64.6 Å². The minimum absolute atomic E-state index is 0.108. The monoisotopic (exact) mass is 342 g/mol. The van der Waals surface area contributed by atoms with Gasteiger partial charge in [0, 0.05) is 12.1 Å². The van der Waals surface area contributed by atoms with Gasteiger partial charge >= 0.3 is 0 Å². The van der Waals surface area contributed by atoms with Crippen LogP contribution in [-0.2, 0) is 14.6 Å². The fraction of sp³-hybridized carbons (Fsp3) is 0.533. The van der Waals surface area contributed by atoms with Crippen LogP contribution in [0.15, 0.2) is 18.2 Å². The van der Waals surface area contributed by atoms with Gasteiger partial charge in [0.2, 0.25) is 5.91 Å². The van der Waals surface area contributed by atoms with E-state index in [2.05, 4.69) is 5.32 Å². The van der Waals surface area contributed by atoms with Crippen molar-refractivity contribution in [2.45, 2.75) is 12.5 Å². The molecule has 8 heteroatoms. The van der Waals surface area contributed by atoms with Crippen molar-refractivity contribution in [3.05, 3.63) is 18.2 Å². The highest BCUT2D eigenvalue weighted by molar-refractivity contribution is 7.91. The van der Waals surface area contributed by atoms with Crippen molar-refractivity contribution in [2.24, 2.45) is 0 Å². The summed E-state index contributed by atoms with van der Waals surface area (Å²) in [4.78, 5) is 13.9. The van der Waals surface area contributed by atoms with Crippen LogP contribution in [0.25, 0.3) is 0 Å². The number of hydrogen-bond acceptors (Lipinski definition) is 6. The van der Waals surface area contributed by atoms with Crippen molar-refractivity contribution in [3.63, 3.8) is 0 Å². The van der Waals surface area contributed by atoms with Gasteiger partial charge in [0.05, 0.1) is 38.0 Å². The molecule has 0 aromatic heterocycles. The molecule has 0 radical (unpaired) electrons. The second-order valence-electron chi connectivity index (χ2n) is 5.59. The maximum Gasteiger partial charge on any atom is 0.238 e. The van der Waals surface area contributed by atoms with Crippen molar-refractivity contribution < 1.29 is 22.7 Å². The molecule has 1 amide bonds. The SMILES string of the molecule is COc1ccc(NC(=O)CN(C)C2CCS(=O)(=O)C2)c(OC)c1. The summed E-state index contributed by atoms with van der Waals surface area (Å²) >= 11 is 0. The summed E-state index contributed by atoms with van der Waals surface area (Å²) in [6, 6.07) is 5.01. The third kappa shape index (κ3) is 4.59. The van der Waals surface area contributed by atoms with E-state index in [1.165, 1.54) is 7.11 Å². The van der Waals surface area contributed by atoms with E-state index in [4.69, 9.17) is 9.47 Å². The van der Waals surface area contributed by atoms with Crippen molar-refractivity contribution in [1.29, 1.82) is 0 Å². The molecule has 7 nitrogen and oxygen atoms in total. The van der Waals surface area contributed by atoms with E-state index in [-0.39, 0.29) is 30.0 Å². The number of carbonyl (C=O) groups excluding carboxylic acids is 1. The number of hydrogen-bond donors (Lipinski definition) is 1. The fourth-order valence-electron chi connectivity index (χ4n) is 2.57. The predicted octanol–water partition coefficient (Wildman–Crippen LogP) is 0.761. The smallest absolute Gasteiger partial charge is 0.238 e. The highest BCUT2D eigenvalue weighted by Crippen LogP contribution is 2.29. The number of anilines is 1. The molecule has 1 aliphatic rings. The zero-order chi connectivity index (χ0) is 17.0. The molecule has 1 aromatic carbocycles. The van der Waals surface area contributed by atoms with Crippen molar-refractivity contribution >= 4 is 21.4 Å². The number of likely N-dealkylation sites (N-methyl/N-ethyl adjacent to an activating group) is 1. The van der Waals surface area contributed by atoms with Crippen LogP contribution in [0.2, 0.25) is 0 Å². The van der Waals surface area contributed by atoms with Crippen molar-refractivity contribution in [1.82, 2.24) is 4.90 Å². The number of benzene rings is 1. The molecule has 23 heavy (non-hydrogen) atoms. The molecule has 1 heterocycles. The molecule has 1 atom stereocenters. The standard InChI is InChI=1S/C15H22N2O5S/c1-17(11-6-7-23(19,20)10-11)9-15(18)16-13-5-4-12(21-2)8-14(13)22-3/h4-5,8,11H,6-7,9-10H2,1-3H3,(H,16,18). The maximum absolute atomic E-state index is 12.2. The minimum Gasteiger partial charge on any atom is -0.497 e. The molecule has 1 aromatic rings. The highest BCUT2D eigenvalue weighted by atomic mass is 32.2. The molecule has 0 saturated carbocycles. The number of carbonyl (C=O) groups is 1. The minimum atomic E-state index is -2.96. The Morgan fingerprint density at radius 2 is 2.09 bits per heavy atom. The number of amides is 1. The van der Waals surface area contributed by atoms with Gasteiger partial charge in [0.1, 0.15) is 11.5 Å². The van der Waals surface area contributed by atoms with Crippen LogP contribution in [0.1, 0.15) is 6.42 Å². The molecule has 1 unspecified atom stereocenters. The summed E-state index contributed by atoms with van der Waals surface area (Å²) in [6.07, 6.45) is 0.567. The largest absolute Gasteiger partial charge is 0.497 e. The number of nitrogens with one attached hydrogen (secondary N) is 1. The summed E-state index contributed by atoms with van der Waals surface area (Å²) in [6.45, 7) is 0.120. The summed E-state index contributed by atoms with van der Waals surface area (Å²) in [5.74, 6) is 1.22. The Hall–Kier alpha value is -1.80. The molecule has 1 aliphatic heterocycles. The Kier molecular flexibility index (Phi) is 5.48. The third-order valence-corrected chi connectivity index (χ3v) is 5.66. The van der Waals surface area contributed by atoms with Crippen LogP contribution in [0.5, 0.6) is 11.5 Å². The molecule has 1 saturated heterocycles. The van der Waals surface area contributed by atoms with E-state index in [0.29, 0.717) is 23.6 Å². The lowest BCUT2D eigenvalue weighted by Crippen LogP contribution is -2.38. The lowest BCUT2D eigenvalue weighted by molar-refractivity contribution is -0.117. The van der Waals surface area contributed by atoms with Gasteiger partial charge in [0.15, 0.2) is 9.84 Å². The first kappa shape index (κ1) is 17.6. The van der Waals surface area contributed by atoms with E-state index in [0.717, 1.165) is 0 Å². The second kappa shape index (κ2) is 7.18. The summed E-state index contributed by atoms with van der Waals surface area (Å²) in [7, 11) is 1.87. The summed E-state index contributed by atoms with van der Waals surface area (Å²) in [5.41, 5.74) is 0.547. The van der Waals surface area contributed by atoms with Crippen LogP contribution < -0.4 is 14.8 Å². The van der Waals surface area contributed by atoms with E-state index in [9.17, 15) is 13.2 Å². The summed E-state index contributed by atoms with van der Waals surface area (Å²) in [5, 5.41) is 2.78. The first-order chi connectivity index (χ1) is 10.8. The quantitative estimate of drug-likeness (QED) is 0.822. The van der Waals surface area contributed by atoms with Gasteiger partial charge < -0.3 is 14.8 Å². The van der Waals surface area contributed by atoms with E-state index in [1.54, 1.807) is 37.3 Å². The number of methoxy groups -OCH3 is 2. The van der Waals surface area contributed by atoms with E-state index >= 15 is 0 Å². The normalized spacial score (nSPS) is 19.6. The van der Waals surface area contributed by atoms with Crippen LogP contribution in [0.3, 0.4) is 0 Å². The van der Waals surface area contributed by atoms with Gasteiger partial charge in [0.25, 0.3) is 0 Å². The van der Waals surface area contributed by atoms with Gasteiger partial charge in [-0.15, -0.1) is 0 Å². The lowest BCUT2D eigenvalue weighted by Gasteiger charge is -2.22. The number of rotatable bonds is 6. The average Bonchev–Trinajstić information content (AvgIpc) is 2.87. The maximum atomic E-state index is 12.2. The first-order valence-corrected chi connectivity index (χ1v) is 9.09. The van der Waals surface area contributed by atoms with E-state index < -0.39 is 9.84 Å². The zero-order valence-electron chi connectivity index (χ0n) is 13.5. The van der Waals surface area contributed by atoms with Crippen molar-refractivity contribution in [3.8, 4) is 11.5 Å². The predicted molar refractivity (Wildman–Crippen MR) is 87.9 cm³/mol.